The number of anilines is 2. The predicted octanol–water partition coefficient (Wildman–Crippen LogP) is 1.40. The quantitative estimate of drug-likeness (QED) is 0.750. The van der Waals surface area contributed by atoms with Crippen LogP contribution in [0.3, 0.4) is 0 Å². The average molecular weight is 338 g/mol. The van der Waals surface area contributed by atoms with Gasteiger partial charge in [-0.1, -0.05) is 30.3 Å². The Morgan fingerprint density at radius 2 is 2.00 bits per heavy atom. The molecule has 0 aliphatic heterocycles. The number of amides is 1. The van der Waals surface area contributed by atoms with Crippen molar-refractivity contribution in [1.82, 2.24) is 30.2 Å². The van der Waals surface area contributed by atoms with Gasteiger partial charge in [0.05, 0.1) is 6.20 Å². The van der Waals surface area contributed by atoms with Crippen LogP contribution in [0.5, 0.6) is 0 Å². The molecule has 0 saturated heterocycles. The molecule has 1 aromatic carbocycles. The summed E-state index contributed by atoms with van der Waals surface area (Å²) in [7, 11) is 3.68. The van der Waals surface area contributed by atoms with Gasteiger partial charge in [-0.3, -0.25) is 4.79 Å². The van der Waals surface area contributed by atoms with Crippen LogP contribution in [0.1, 0.15) is 13.0 Å². The van der Waals surface area contributed by atoms with Crippen LogP contribution in [0, 0.1) is 0 Å². The van der Waals surface area contributed by atoms with E-state index in [0.29, 0.717) is 17.3 Å². The van der Waals surface area contributed by atoms with Gasteiger partial charge in [-0.05, 0) is 12.1 Å². The van der Waals surface area contributed by atoms with Gasteiger partial charge in [0.2, 0.25) is 5.82 Å². The SMILES string of the molecule is CC(C(=O)Nc1cncnc1N(C)C)n1nnc(-c2ccccc2)n1. The van der Waals surface area contributed by atoms with Gasteiger partial charge in [0, 0.05) is 19.7 Å². The minimum absolute atomic E-state index is 0.282. The highest BCUT2D eigenvalue weighted by molar-refractivity contribution is 5.95. The zero-order valence-electron chi connectivity index (χ0n) is 14.2. The van der Waals surface area contributed by atoms with Crippen LogP contribution in [0.15, 0.2) is 42.9 Å². The fraction of sp³-hybridized carbons (Fsp3) is 0.250. The van der Waals surface area contributed by atoms with Crippen molar-refractivity contribution in [3.05, 3.63) is 42.9 Å². The normalized spacial score (nSPS) is 11.8. The lowest BCUT2D eigenvalue weighted by Gasteiger charge is -2.17. The maximum atomic E-state index is 12.5. The molecule has 128 valence electrons. The molecule has 0 aliphatic rings. The first kappa shape index (κ1) is 16.5. The van der Waals surface area contributed by atoms with Gasteiger partial charge in [0.1, 0.15) is 18.1 Å². The number of carbonyl (C=O) groups is 1. The van der Waals surface area contributed by atoms with Crippen molar-refractivity contribution in [3.8, 4) is 11.4 Å². The van der Waals surface area contributed by atoms with Crippen molar-refractivity contribution in [1.29, 1.82) is 0 Å². The predicted molar refractivity (Wildman–Crippen MR) is 93.0 cm³/mol. The van der Waals surface area contributed by atoms with Crippen molar-refractivity contribution in [2.24, 2.45) is 0 Å². The lowest BCUT2D eigenvalue weighted by molar-refractivity contribution is -0.119. The highest BCUT2D eigenvalue weighted by atomic mass is 16.2. The van der Waals surface area contributed by atoms with Crippen LogP contribution < -0.4 is 10.2 Å². The van der Waals surface area contributed by atoms with Crippen LogP contribution in [0.25, 0.3) is 11.4 Å². The number of aromatic nitrogens is 6. The molecular formula is C16H18N8O. The zero-order valence-corrected chi connectivity index (χ0v) is 14.2. The van der Waals surface area contributed by atoms with Crippen LogP contribution >= 0.6 is 0 Å². The van der Waals surface area contributed by atoms with Gasteiger partial charge in [0.25, 0.3) is 5.91 Å². The van der Waals surface area contributed by atoms with E-state index < -0.39 is 6.04 Å². The minimum Gasteiger partial charge on any atom is -0.361 e. The maximum absolute atomic E-state index is 12.5. The monoisotopic (exact) mass is 338 g/mol. The summed E-state index contributed by atoms with van der Waals surface area (Å²) in [4.78, 5) is 23.7. The summed E-state index contributed by atoms with van der Waals surface area (Å²) in [6.07, 6.45) is 2.98. The summed E-state index contributed by atoms with van der Waals surface area (Å²) in [5.41, 5.74) is 1.36. The largest absolute Gasteiger partial charge is 0.361 e. The molecule has 1 N–H and O–H groups in total. The standard InChI is InChI=1S/C16H18N8O/c1-11(16(25)19-13-9-17-10-18-15(13)23(2)3)24-21-14(20-22-24)12-7-5-4-6-8-12/h4-11H,1-3H3,(H,19,25). The molecule has 9 nitrogen and oxygen atoms in total. The van der Waals surface area contributed by atoms with Crippen molar-refractivity contribution in [2.45, 2.75) is 13.0 Å². The minimum atomic E-state index is -0.639. The molecule has 25 heavy (non-hydrogen) atoms. The van der Waals surface area contributed by atoms with Crippen LogP contribution in [0.2, 0.25) is 0 Å². The number of tetrazole rings is 1. The van der Waals surface area contributed by atoms with Gasteiger partial charge >= 0.3 is 0 Å². The first-order valence-corrected chi connectivity index (χ1v) is 7.69. The molecule has 1 atom stereocenters. The lowest BCUT2D eigenvalue weighted by Crippen LogP contribution is -2.26. The molecule has 0 saturated carbocycles. The number of hydrogen-bond donors (Lipinski definition) is 1. The van der Waals surface area contributed by atoms with Gasteiger partial charge < -0.3 is 10.2 Å². The van der Waals surface area contributed by atoms with E-state index in [1.807, 2.05) is 44.4 Å². The molecule has 3 aromatic rings. The summed E-state index contributed by atoms with van der Waals surface area (Å²) < 4.78 is 0. The molecule has 0 bridgehead atoms. The van der Waals surface area contributed by atoms with E-state index >= 15 is 0 Å². The number of rotatable bonds is 5. The van der Waals surface area contributed by atoms with Crippen LogP contribution in [0.4, 0.5) is 11.5 Å². The molecule has 0 radical (unpaired) electrons. The number of benzene rings is 1. The summed E-state index contributed by atoms with van der Waals surface area (Å²) in [5, 5.41) is 15.1. The Morgan fingerprint density at radius 1 is 1.24 bits per heavy atom. The molecule has 2 aromatic heterocycles. The molecule has 1 amide bonds. The van der Waals surface area contributed by atoms with Crippen LogP contribution in [-0.2, 0) is 4.79 Å². The second kappa shape index (κ2) is 7.04. The molecule has 0 fully saturated rings. The zero-order chi connectivity index (χ0) is 17.8. The smallest absolute Gasteiger partial charge is 0.251 e. The summed E-state index contributed by atoms with van der Waals surface area (Å²) in [6.45, 7) is 1.70. The van der Waals surface area contributed by atoms with Crippen molar-refractivity contribution in [3.63, 3.8) is 0 Å². The van der Waals surface area contributed by atoms with E-state index in [1.165, 1.54) is 11.1 Å². The summed E-state index contributed by atoms with van der Waals surface area (Å²) in [5.74, 6) is 0.805. The Kier molecular flexibility index (Phi) is 4.64. The third-order valence-corrected chi connectivity index (χ3v) is 3.56. The molecular weight excluding hydrogens is 320 g/mol. The summed E-state index contributed by atoms with van der Waals surface area (Å²) >= 11 is 0. The third-order valence-electron chi connectivity index (χ3n) is 3.56. The fourth-order valence-electron chi connectivity index (χ4n) is 2.20. The number of nitrogens with zero attached hydrogens (tertiary/aromatic N) is 7. The Bertz CT molecular complexity index is 861. The molecule has 3 rings (SSSR count). The van der Waals surface area contributed by atoms with E-state index in [0.717, 1.165) is 5.56 Å². The Balaban J connectivity index is 1.77. The van der Waals surface area contributed by atoms with E-state index in [9.17, 15) is 4.79 Å². The van der Waals surface area contributed by atoms with Crippen LogP contribution in [-0.4, -0.2) is 50.2 Å². The average Bonchev–Trinajstić information content (AvgIpc) is 3.12. The molecule has 2 heterocycles. The second-order valence-electron chi connectivity index (χ2n) is 5.62. The lowest BCUT2D eigenvalue weighted by atomic mass is 10.2. The molecule has 9 heteroatoms. The fourth-order valence-corrected chi connectivity index (χ4v) is 2.20. The van der Waals surface area contributed by atoms with E-state index in [1.54, 1.807) is 18.0 Å². The number of hydrogen-bond acceptors (Lipinski definition) is 7. The van der Waals surface area contributed by atoms with E-state index in [4.69, 9.17) is 0 Å². The Labute approximate surface area is 144 Å². The van der Waals surface area contributed by atoms with Crippen molar-refractivity contribution in [2.75, 3.05) is 24.3 Å². The topological polar surface area (TPSA) is 102 Å². The number of carbonyl (C=O) groups excluding carboxylic acids is 1. The first-order chi connectivity index (χ1) is 12.1. The Hall–Kier alpha value is -3.36. The van der Waals surface area contributed by atoms with Gasteiger partial charge in [-0.25, -0.2) is 9.97 Å². The van der Waals surface area contributed by atoms with Crippen molar-refractivity contribution < 1.29 is 4.79 Å². The maximum Gasteiger partial charge on any atom is 0.251 e. The van der Waals surface area contributed by atoms with E-state index in [2.05, 4.69) is 30.7 Å². The Morgan fingerprint density at radius 3 is 2.72 bits per heavy atom. The highest BCUT2D eigenvalue weighted by Gasteiger charge is 2.20. The van der Waals surface area contributed by atoms with Gasteiger partial charge in [0.15, 0.2) is 5.82 Å². The van der Waals surface area contributed by atoms with Gasteiger partial charge in [-0.15, -0.1) is 10.2 Å². The third kappa shape index (κ3) is 3.60. The first-order valence-electron chi connectivity index (χ1n) is 7.69. The van der Waals surface area contributed by atoms with E-state index in [-0.39, 0.29) is 5.91 Å². The molecule has 0 spiro atoms. The number of nitrogens with one attached hydrogen (secondary N) is 1. The molecule has 1 unspecified atom stereocenters. The highest BCUT2D eigenvalue weighted by Crippen LogP contribution is 2.20. The van der Waals surface area contributed by atoms with Gasteiger partial charge in [-0.2, -0.15) is 4.80 Å². The summed E-state index contributed by atoms with van der Waals surface area (Å²) in [6, 6.07) is 8.83. The molecule has 0 aliphatic carbocycles. The second-order valence-corrected chi connectivity index (χ2v) is 5.62. The van der Waals surface area contributed by atoms with Crippen molar-refractivity contribution >= 4 is 17.4 Å².